The van der Waals surface area contributed by atoms with Gasteiger partial charge in [0, 0.05) is 11.4 Å². The maximum atomic E-state index is 10.6. The molecular weight excluding hydrogens is 225 g/mol. The van der Waals surface area contributed by atoms with E-state index in [4.69, 9.17) is 23.2 Å². The lowest BCUT2D eigenvalue weighted by molar-refractivity contribution is -0.111. The molecule has 0 aromatic carbocycles. The Balaban J connectivity index is 2.78. The molecule has 1 rings (SSSR count). The lowest BCUT2D eigenvalue weighted by Gasteiger charge is -1.99. The van der Waals surface area contributed by atoms with Crippen molar-refractivity contribution in [1.29, 1.82) is 0 Å². The van der Waals surface area contributed by atoms with Crippen molar-refractivity contribution in [3.8, 4) is 0 Å². The minimum Gasteiger partial charge on any atom is -0.281 e. The van der Waals surface area contributed by atoms with Gasteiger partial charge in [0.1, 0.15) is 0 Å². The number of nitrogens with zero attached hydrogens (tertiary/aromatic N) is 1. The molecule has 0 aliphatic rings. The summed E-state index contributed by atoms with van der Waals surface area (Å²) in [6, 6.07) is 5.04. The maximum Gasteiger partial charge on any atom is 0.227 e. The Morgan fingerprint density at radius 2 is 1.50 bits per heavy atom. The second-order valence-electron chi connectivity index (χ2n) is 2.68. The van der Waals surface area contributed by atoms with Crippen molar-refractivity contribution in [2.24, 2.45) is 0 Å². The molecule has 74 valence electrons. The molecule has 0 saturated carbocycles. The number of aromatic nitrogens is 1. The lowest BCUT2D eigenvalue weighted by atomic mass is 10.2. The number of hydrogen-bond acceptors (Lipinski definition) is 3. The van der Waals surface area contributed by atoms with Crippen molar-refractivity contribution >= 4 is 33.7 Å². The Labute approximate surface area is 91.0 Å². The van der Waals surface area contributed by atoms with Crippen molar-refractivity contribution in [2.75, 3.05) is 0 Å². The van der Waals surface area contributed by atoms with Crippen molar-refractivity contribution in [3.63, 3.8) is 0 Å². The van der Waals surface area contributed by atoms with E-state index in [1.54, 1.807) is 18.2 Å². The van der Waals surface area contributed by atoms with Crippen LogP contribution < -0.4 is 0 Å². The first-order chi connectivity index (χ1) is 6.58. The van der Waals surface area contributed by atoms with E-state index < -0.39 is 10.5 Å². The highest BCUT2D eigenvalue weighted by molar-refractivity contribution is 6.64. The highest BCUT2D eigenvalue weighted by atomic mass is 35.5. The lowest BCUT2D eigenvalue weighted by Crippen LogP contribution is -2.02. The van der Waals surface area contributed by atoms with Crippen LogP contribution in [0.4, 0.5) is 0 Å². The third-order valence-corrected chi connectivity index (χ3v) is 1.77. The summed E-state index contributed by atoms with van der Waals surface area (Å²) < 4.78 is 0. The molecule has 0 bridgehead atoms. The summed E-state index contributed by atoms with van der Waals surface area (Å²) in [5.74, 6) is 0. The van der Waals surface area contributed by atoms with Crippen LogP contribution in [0.2, 0.25) is 0 Å². The summed E-state index contributed by atoms with van der Waals surface area (Å²) in [5, 5.41) is -0.960. The van der Waals surface area contributed by atoms with Crippen LogP contribution in [0.3, 0.4) is 0 Å². The van der Waals surface area contributed by atoms with Gasteiger partial charge in [0.05, 0.1) is 12.8 Å². The van der Waals surface area contributed by atoms with Gasteiger partial charge in [0.15, 0.2) is 0 Å². The molecule has 1 aromatic heterocycles. The zero-order chi connectivity index (χ0) is 10.6. The maximum absolute atomic E-state index is 10.6. The second kappa shape index (κ2) is 5.08. The standard InChI is InChI=1S/C9H7Cl2NO2/c10-8(13)4-6-2-1-3-7(12-6)5-9(11)14/h1-3H,4-5H2. The normalized spacial score (nSPS) is 9.86. The van der Waals surface area contributed by atoms with Crippen LogP contribution in [-0.4, -0.2) is 15.5 Å². The van der Waals surface area contributed by atoms with Crippen LogP contribution in [0.15, 0.2) is 18.2 Å². The molecule has 0 aliphatic heterocycles. The van der Waals surface area contributed by atoms with Crippen molar-refractivity contribution < 1.29 is 9.59 Å². The topological polar surface area (TPSA) is 47.0 Å². The SMILES string of the molecule is O=C(Cl)Cc1cccc(CC(=O)Cl)n1. The number of carbonyl (C=O) groups is 2. The van der Waals surface area contributed by atoms with E-state index in [0.717, 1.165) is 0 Å². The van der Waals surface area contributed by atoms with E-state index in [2.05, 4.69) is 4.98 Å². The molecule has 0 radical (unpaired) electrons. The van der Waals surface area contributed by atoms with E-state index in [9.17, 15) is 9.59 Å². The minimum atomic E-state index is -0.480. The van der Waals surface area contributed by atoms with Gasteiger partial charge in [-0.05, 0) is 35.3 Å². The molecular formula is C9H7Cl2NO2. The fraction of sp³-hybridized carbons (Fsp3) is 0.222. The number of pyridine rings is 1. The molecule has 0 spiro atoms. The Morgan fingerprint density at radius 3 is 1.86 bits per heavy atom. The van der Waals surface area contributed by atoms with Crippen LogP contribution in [0.25, 0.3) is 0 Å². The average Bonchev–Trinajstić information content (AvgIpc) is 2.01. The number of halogens is 2. The number of carbonyl (C=O) groups excluding carboxylic acids is 2. The molecule has 0 amide bonds. The molecule has 1 aromatic rings. The molecule has 0 fully saturated rings. The highest BCUT2D eigenvalue weighted by Gasteiger charge is 2.04. The summed E-state index contributed by atoms with van der Waals surface area (Å²) >= 11 is 10.4. The molecule has 5 heteroatoms. The van der Waals surface area contributed by atoms with Crippen LogP contribution in [0.5, 0.6) is 0 Å². The first-order valence-corrected chi connectivity index (χ1v) is 4.65. The van der Waals surface area contributed by atoms with Gasteiger partial charge >= 0.3 is 0 Å². The summed E-state index contributed by atoms with van der Waals surface area (Å²) in [4.78, 5) is 25.2. The quantitative estimate of drug-likeness (QED) is 0.742. The van der Waals surface area contributed by atoms with E-state index in [1.807, 2.05) is 0 Å². The smallest absolute Gasteiger partial charge is 0.227 e. The fourth-order valence-corrected chi connectivity index (χ4v) is 1.28. The molecule has 1 heterocycles. The first-order valence-electron chi connectivity index (χ1n) is 3.89. The van der Waals surface area contributed by atoms with E-state index in [0.29, 0.717) is 11.4 Å². The van der Waals surface area contributed by atoms with E-state index >= 15 is 0 Å². The first kappa shape index (κ1) is 11.1. The van der Waals surface area contributed by atoms with Gasteiger partial charge < -0.3 is 0 Å². The second-order valence-corrected chi connectivity index (χ2v) is 3.53. The summed E-state index contributed by atoms with van der Waals surface area (Å²) in [6.07, 6.45) is 0.123. The van der Waals surface area contributed by atoms with Gasteiger partial charge in [0.25, 0.3) is 0 Å². The Hall–Kier alpha value is -0.930. The Bertz CT molecular complexity index is 334. The molecule has 0 N–H and O–H groups in total. The Morgan fingerprint density at radius 1 is 1.07 bits per heavy atom. The highest BCUT2D eigenvalue weighted by Crippen LogP contribution is 2.04. The van der Waals surface area contributed by atoms with Crippen molar-refractivity contribution in [1.82, 2.24) is 4.98 Å². The van der Waals surface area contributed by atoms with Crippen LogP contribution in [-0.2, 0) is 22.4 Å². The van der Waals surface area contributed by atoms with Gasteiger partial charge in [-0.1, -0.05) is 6.07 Å². The third kappa shape index (κ3) is 3.85. The van der Waals surface area contributed by atoms with Crippen LogP contribution >= 0.6 is 23.2 Å². The summed E-state index contributed by atoms with van der Waals surface area (Å²) in [5.41, 5.74) is 1.08. The Kier molecular flexibility index (Phi) is 4.04. The van der Waals surface area contributed by atoms with Gasteiger partial charge in [-0.25, -0.2) is 0 Å². The molecule has 0 saturated heterocycles. The third-order valence-electron chi connectivity index (χ3n) is 1.50. The summed E-state index contributed by atoms with van der Waals surface area (Å²) in [7, 11) is 0. The molecule has 14 heavy (non-hydrogen) atoms. The zero-order valence-electron chi connectivity index (χ0n) is 7.17. The van der Waals surface area contributed by atoms with E-state index in [-0.39, 0.29) is 12.8 Å². The van der Waals surface area contributed by atoms with Gasteiger partial charge in [-0.3, -0.25) is 14.6 Å². The van der Waals surface area contributed by atoms with Crippen molar-refractivity contribution in [2.45, 2.75) is 12.8 Å². The van der Waals surface area contributed by atoms with Gasteiger partial charge in [-0.2, -0.15) is 0 Å². The fourth-order valence-electron chi connectivity index (χ4n) is 1.01. The monoisotopic (exact) mass is 231 g/mol. The summed E-state index contributed by atoms with van der Waals surface area (Å²) in [6.45, 7) is 0. The number of hydrogen-bond donors (Lipinski definition) is 0. The van der Waals surface area contributed by atoms with Gasteiger partial charge in [-0.15, -0.1) is 0 Å². The van der Waals surface area contributed by atoms with Gasteiger partial charge in [0.2, 0.25) is 10.5 Å². The average molecular weight is 232 g/mol. The van der Waals surface area contributed by atoms with Crippen LogP contribution in [0.1, 0.15) is 11.4 Å². The predicted molar refractivity (Wildman–Crippen MR) is 53.4 cm³/mol. The number of rotatable bonds is 4. The zero-order valence-corrected chi connectivity index (χ0v) is 8.68. The minimum absolute atomic E-state index is 0.0614. The largest absolute Gasteiger partial charge is 0.281 e. The predicted octanol–water partition coefficient (Wildman–Crippen LogP) is 1.70. The van der Waals surface area contributed by atoms with Crippen LogP contribution in [0, 0.1) is 0 Å². The molecule has 0 aliphatic carbocycles. The molecule has 0 unspecified atom stereocenters. The molecule has 0 atom stereocenters. The van der Waals surface area contributed by atoms with Crippen molar-refractivity contribution in [3.05, 3.63) is 29.6 Å². The molecule has 3 nitrogen and oxygen atoms in total. The van der Waals surface area contributed by atoms with E-state index in [1.165, 1.54) is 0 Å².